The molecule has 0 radical (unpaired) electrons. The number of amides is 3. The van der Waals surface area contributed by atoms with Gasteiger partial charge in [0.15, 0.2) is 6.67 Å². The maximum absolute atomic E-state index is 12.5. The van der Waals surface area contributed by atoms with Crippen LogP contribution in [-0.4, -0.2) is 60.4 Å². The minimum absolute atomic E-state index is 0.0102. The molecule has 1 aromatic heterocycles. The van der Waals surface area contributed by atoms with Crippen molar-refractivity contribution in [2.45, 2.75) is 12.8 Å². The molecule has 0 saturated carbocycles. The minimum Gasteiger partial charge on any atom is -0.327 e. The molecule has 1 aliphatic carbocycles. The molecule has 6 nitrogen and oxygen atoms in total. The number of fused-ring (bicyclic) bond motifs is 1. The molecule has 3 aliphatic rings. The number of allylic oxidation sites excluding steroid dienone is 2. The lowest BCUT2D eigenvalue weighted by atomic mass is 9.85. The third-order valence-corrected chi connectivity index (χ3v) is 6.33. The van der Waals surface area contributed by atoms with Crippen molar-refractivity contribution >= 4 is 29.1 Å². The van der Waals surface area contributed by atoms with Gasteiger partial charge in [-0.15, -0.1) is 11.3 Å². The van der Waals surface area contributed by atoms with Gasteiger partial charge in [-0.05, 0) is 24.3 Å². The quantitative estimate of drug-likeness (QED) is 0.610. The van der Waals surface area contributed by atoms with Crippen molar-refractivity contribution in [3.63, 3.8) is 0 Å². The van der Waals surface area contributed by atoms with Crippen LogP contribution in [0.25, 0.3) is 0 Å². The van der Waals surface area contributed by atoms with E-state index in [0.717, 1.165) is 18.0 Å². The van der Waals surface area contributed by atoms with Crippen LogP contribution in [0.2, 0.25) is 0 Å². The van der Waals surface area contributed by atoms with Gasteiger partial charge in [0.05, 0.1) is 42.9 Å². The standard InChI is InChI=1S/C18H21N3O3S/c22-16-13-4-1-2-5-14(13)17(23)21(16)12-19-7-9-20(10-8-19)18(24)15-6-3-11-25-15/h1-3,6,11,13-14H,4-5,7-10,12H2/p+1/t13-,14+. The maximum Gasteiger partial charge on any atom is 0.264 e. The van der Waals surface area contributed by atoms with Crippen LogP contribution in [0, 0.1) is 11.8 Å². The van der Waals surface area contributed by atoms with Gasteiger partial charge in [0, 0.05) is 0 Å². The first-order chi connectivity index (χ1) is 12.1. The second-order valence-electron chi connectivity index (χ2n) is 6.94. The van der Waals surface area contributed by atoms with E-state index in [2.05, 4.69) is 0 Å². The van der Waals surface area contributed by atoms with Crippen LogP contribution in [0.15, 0.2) is 29.7 Å². The van der Waals surface area contributed by atoms with Crippen molar-refractivity contribution in [3.8, 4) is 0 Å². The van der Waals surface area contributed by atoms with Crippen LogP contribution >= 0.6 is 11.3 Å². The van der Waals surface area contributed by atoms with Gasteiger partial charge in [0.25, 0.3) is 5.91 Å². The van der Waals surface area contributed by atoms with E-state index in [1.165, 1.54) is 21.1 Å². The Kier molecular flexibility index (Phi) is 4.43. The molecule has 2 atom stereocenters. The summed E-state index contributed by atoms with van der Waals surface area (Å²) in [5.41, 5.74) is 0. The van der Waals surface area contributed by atoms with Crippen molar-refractivity contribution in [2.24, 2.45) is 11.8 Å². The summed E-state index contributed by atoms with van der Waals surface area (Å²) in [5, 5.41) is 1.91. The number of hydrogen-bond acceptors (Lipinski definition) is 4. The van der Waals surface area contributed by atoms with Crippen LogP contribution in [-0.2, 0) is 9.59 Å². The zero-order valence-electron chi connectivity index (χ0n) is 14.0. The fourth-order valence-electron chi connectivity index (χ4n) is 3.99. The minimum atomic E-state index is -0.154. The van der Waals surface area contributed by atoms with Crippen LogP contribution in [0.5, 0.6) is 0 Å². The van der Waals surface area contributed by atoms with E-state index in [1.54, 1.807) is 0 Å². The van der Waals surface area contributed by atoms with Gasteiger partial charge in [-0.2, -0.15) is 0 Å². The average Bonchev–Trinajstić information content (AvgIpc) is 3.26. The Morgan fingerprint density at radius 1 is 1.12 bits per heavy atom. The molecule has 132 valence electrons. The number of nitrogens with zero attached hydrogens (tertiary/aromatic N) is 2. The van der Waals surface area contributed by atoms with Gasteiger partial charge in [0.2, 0.25) is 11.8 Å². The van der Waals surface area contributed by atoms with Crippen LogP contribution in [0.3, 0.4) is 0 Å². The summed E-state index contributed by atoms with van der Waals surface area (Å²) in [6.45, 7) is 3.29. The number of imide groups is 1. The first-order valence-corrected chi connectivity index (χ1v) is 9.69. The molecule has 2 fully saturated rings. The predicted molar refractivity (Wildman–Crippen MR) is 93.0 cm³/mol. The molecule has 3 amide bonds. The van der Waals surface area contributed by atoms with Crippen LogP contribution in [0.4, 0.5) is 0 Å². The zero-order chi connectivity index (χ0) is 17.4. The third-order valence-electron chi connectivity index (χ3n) is 5.47. The molecule has 25 heavy (non-hydrogen) atoms. The third kappa shape index (κ3) is 3.02. The maximum atomic E-state index is 12.5. The number of rotatable bonds is 3. The van der Waals surface area contributed by atoms with Gasteiger partial charge in [0.1, 0.15) is 0 Å². The van der Waals surface area contributed by atoms with Crippen molar-refractivity contribution in [1.29, 1.82) is 0 Å². The van der Waals surface area contributed by atoms with Gasteiger partial charge < -0.3 is 9.80 Å². The second-order valence-corrected chi connectivity index (χ2v) is 7.89. The lowest BCUT2D eigenvalue weighted by molar-refractivity contribution is -0.911. The molecule has 0 spiro atoms. The molecular formula is C18H22N3O3S+. The summed E-state index contributed by atoms with van der Waals surface area (Å²) in [7, 11) is 0. The molecular weight excluding hydrogens is 338 g/mol. The van der Waals surface area contributed by atoms with Crippen molar-refractivity contribution < 1.29 is 19.3 Å². The van der Waals surface area contributed by atoms with Gasteiger partial charge >= 0.3 is 0 Å². The largest absolute Gasteiger partial charge is 0.327 e. The number of nitrogens with one attached hydrogen (secondary N) is 1. The fraction of sp³-hybridized carbons (Fsp3) is 0.500. The van der Waals surface area contributed by atoms with Gasteiger partial charge in [-0.3, -0.25) is 14.4 Å². The number of quaternary nitrogens is 1. The molecule has 0 aromatic carbocycles. The topological polar surface area (TPSA) is 62.1 Å². The summed E-state index contributed by atoms with van der Waals surface area (Å²) < 4.78 is 0. The SMILES string of the molecule is O=C(c1cccs1)N1CC[NH+](CN2C(=O)[C@H]3CC=CC[C@H]3C2=O)CC1. The molecule has 0 bridgehead atoms. The van der Waals surface area contributed by atoms with E-state index >= 15 is 0 Å². The first kappa shape index (κ1) is 16.5. The van der Waals surface area contributed by atoms with Crippen LogP contribution in [0.1, 0.15) is 22.5 Å². The highest BCUT2D eigenvalue weighted by atomic mass is 32.1. The predicted octanol–water partition coefficient (Wildman–Crippen LogP) is -0.00250. The Bertz CT molecular complexity index is 681. The molecule has 1 aromatic rings. The highest BCUT2D eigenvalue weighted by Gasteiger charge is 2.48. The summed E-state index contributed by atoms with van der Waals surface area (Å²) in [4.78, 5) is 42.8. The van der Waals surface area contributed by atoms with E-state index in [-0.39, 0.29) is 29.6 Å². The highest BCUT2D eigenvalue weighted by molar-refractivity contribution is 7.12. The molecule has 1 N–H and O–H groups in total. The van der Waals surface area contributed by atoms with E-state index in [4.69, 9.17) is 0 Å². The number of hydrogen-bond donors (Lipinski definition) is 1. The number of likely N-dealkylation sites (tertiary alicyclic amines) is 1. The Morgan fingerprint density at radius 2 is 1.76 bits per heavy atom. The lowest BCUT2D eigenvalue weighted by Crippen LogP contribution is -3.16. The molecule has 7 heteroatoms. The normalized spacial score (nSPS) is 27.0. The van der Waals surface area contributed by atoms with Gasteiger partial charge in [-0.1, -0.05) is 18.2 Å². The Balaban J connectivity index is 1.34. The highest BCUT2D eigenvalue weighted by Crippen LogP contribution is 2.34. The summed E-state index contributed by atoms with van der Waals surface area (Å²) in [6, 6.07) is 3.74. The zero-order valence-corrected chi connectivity index (χ0v) is 14.8. The van der Waals surface area contributed by atoms with E-state index in [9.17, 15) is 14.4 Å². The summed E-state index contributed by atoms with van der Waals surface area (Å²) >= 11 is 1.46. The van der Waals surface area contributed by atoms with Crippen molar-refractivity contribution in [2.75, 3.05) is 32.8 Å². The summed E-state index contributed by atoms with van der Waals surface area (Å²) in [5.74, 6) is -0.246. The molecule has 0 unspecified atom stereocenters. The van der Waals surface area contributed by atoms with Crippen molar-refractivity contribution in [1.82, 2.24) is 9.80 Å². The molecule has 3 heterocycles. The number of thiophene rings is 1. The first-order valence-electron chi connectivity index (χ1n) is 8.81. The Labute approximate surface area is 150 Å². The van der Waals surface area contributed by atoms with Crippen LogP contribution < -0.4 is 4.90 Å². The lowest BCUT2D eigenvalue weighted by Gasteiger charge is -2.33. The number of piperazine rings is 1. The fourth-order valence-corrected chi connectivity index (χ4v) is 4.68. The Morgan fingerprint density at radius 3 is 2.32 bits per heavy atom. The van der Waals surface area contributed by atoms with E-state index in [0.29, 0.717) is 32.6 Å². The average molecular weight is 360 g/mol. The smallest absolute Gasteiger partial charge is 0.264 e. The summed E-state index contributed by atoms with van der Waals surface area (Å²) in [6.07, 6.45) is 5.39. The monoisotopic (exact) mass is 360 g/mol. The van der Waals surface area contributed by atoms with E-state index in [1.807, 2.05) is 34.6 Å². The molecule has 4 rings (SSSR count). The number of carbonyl (C=O) groups is 3. The Hall–Kier alpha value is -1.99. The van der Waals surface area contributed by atoms with E-state index < -0.39 is 0 Å². The second kappa shape index (κ2) is 6.72. The molecule has 2 aliphatic heterocycles. The molecule has 2 saturated heterocycles. The van der Waals surface area contributed by atoms with Crippen molar-refractivity contribution in [3.05, 3.63) is 34.5 Å². The van der Waals surface area contributed by atoms with Gasteiger partial charge in [-0.25, -0.2) is 4.90 Å². The number of carbonyl (C=O) groups excluding carboxylic acids is 3.